The summed E-state index contributed by atoms with van der Waals surface area (Å²) in [5.74, 6) is -2.74. The zero-order chi connectivity index (χ0) is 35.4. The van der Waals surface area contributed by atoms with Crippen LogP contribution in [0.3, 0.4) is 0 Å². The number of nitrogens with one attached hydrogen (secondary N) is 2. The van der Waals surface area contributed by atoms with E-state index >= 15 is 0 Å². The van der Waals surface area contributed by atoms with E-state index in [1.54, 1.807) is 55.6 Å². The number of amides is 3. The SMILES string of the molecule is C[C@H](NC(=O)Cc1cc(F)cc(F)c1)C(=O)NC1C(=O)N(C)c2ccc(OCc3ccc(C(=O)c4ccccc4)cc3)cc2-c2ccccc21. The zero-order valence-corrected chi connectivity index (χ0v) is 27.3. The van der Waals surface area contributed by atoms with Crippen LogP contribution < -0.4 is 20.3 Å². The van der Waals surface area contributed by atoms with Crippen molar-refractivity contribution in [3.05, 3.63) is 155 Å². The van der Waals surface area contributed by atoms with E-state index in [1.807, 2.05) is 48.5 Å². The number of nitrogens with zero attached hydrogens (tertiary/aromatic N) is 1. The lowest BCUT2D eigenvalue weighted by Gasteiger charge is -2.24. The monoisotopic (exact) mass is 673 g/mol. The number of likely N-dealkylation sites (N-methyl/N-ethyl adjacent to an activating group) is 1. The maximum absolute atomic E-state index is 13.8. The second-order valence-electron chi connectivity index (χ2n) is 12.0. The molecule has 0 bridgehead atoms. The van der Waals surface area contributed by atoms with E-state index in [-0.39, 0.29) is 24.4 Å². The molecule has 8 nitrogen and oxygen atoms in total. The maximum Gasteiger partial charge on any atom is 0.253 e. The molecule has 2 N–H and O–H groups in total. The average Bonchev–Trinajstić information content (AvgIpc) is 3.19. The van der Waals surface area contributed by atoms with Crippen molar-refractivity contribution < 1.29 is 32.7 Å². The van der Waals surface area contributed by atoms with Crippen molar-refractivity contribution in [1.29, 1.82) is 0 Å². The van der Waals surface area contributed by atoms with E-state index in [0.29, 0.717) is 39.8 Å². The third-order valence-electron chi connectivity index (χ3n) is 8.47. The van der Waals surface area contributed by atoms with Gasteiger partial charge in [0.15, 0.2) is 5.78 Å². The second kappa shape index (κ2) is 14.5. The Kier molecular flexibility index (Phi) is 9.80. The lowest BCUT2D eigenvalue weighted by molar-refractivity contribution is -0.130. The normalized spacial score (nSPS) is 14.1. The molecule has 1 aliphatic rings. The number of ketones is 1. The van der Waals surface area contributed by atoms with Gasteiger partial charge in [0.1, 0.15) is 36.1 Å². The molecule has 0 aromatic heterocycles. The quantitative estimate of drug-likeness (QED) is 0.169. The third-order valence-corrected chi connectivity index (χ3v) is 8.47. The van der Waals surface area contributed by atoms with E-state index < -0.39 is 41.4 Å². The van der Waals surface area contributed by atoms with E-state index in [9.17, 15) is 28.0 Å². The smallest absolute Gasteiger partial charge is 0.253 e. The predicted octanol–water partition coefficient (Wildman–Crippen LogP) is 6.32. The number of hydrogen-bond donors (Lipinski definition) is 2. The number of halogens is 2. The Morgan fingerprint density at radius 2 is 1.44 bits per heavy atom. The van der Waals surface area contributed by atoms with Gasteiger partial charge in [-0.15, -0.1) is 0 Å². The molecule has 252 valence electrons. The van der Waals surface area contributed by atoms with Crippen LogP contribution >= 0.6 is 0 Å². The van der Waals surface area contributed by atoms with Crippen LogP contribution in [0.15, 0.2) is 115 Å². The number of hydrogen-bond acceptors (Lipinski definition) is 5. The molecule has 5 aromatic rings. The first kappa shape index (κ1) is 33.7. The number of carbonyl (C=O) groups excluding carboxylic acids is 4. The van der Waals surface area contributed by atoms with Crippen LogP contribution in [-0.4, -0.2) is 36.6 Å². The Bertz CT molecular complexity index is 2070. The molecule has 10 heteroatoms. The number of carbonyl (C=O) groups is 4. The molecular formula is C40H33F2N3O5. The molecule has 1 heterocycles. The molecule has 50 heavy (non-hydrogen) atoms. The Morgan fingerprint density at radius 3 is 2.16 bits per heavy atom. The number of fused-ring (bicyclic) bond motifs is 3. The largest absolute Gasteiger partial charge is 0.489 e. The summed E-state index contributed by atoms with van der Waals surface area (Å²) in [4.78, 5) is 54.0. The van der Waals surface area contributed by atoms with Crippen molar-refractivity contribution in [3.63, 3.8) is 0 Å². The summed E-state index contributed by atoms with van der Waals surface area (Å²) in [5, 5.41) is 5.32. The number of benzene rings is 5. The predicted molar refractivity (Wildman–Crippen MR) is 184 cm³/mol. The Balaban J connectivity index is 1.16. The van der Waals surface area contributed by atoms with Gasteiger partial charge in [-0.05, 0) is 59.5 Å². The van der Waals surface area contributed by atoms with Gasteiger partial charge >= 0.3 is 0 Å². The molecule has 3 amide bonds. The van der Waals surface area contributed by atoms with Crippen molar-refractivity contribution in [2.45, 2.75) is 32.0 Å². The molecule has 1 aliphatic heterocycles. The first-order chi connectivity index (χ1) is 24.1. The van der Waals surface area contributed by atoms with Gasteiger partial charge in [0.25, 0.3) is 5.91 Å². The van der Waals surface area contributed by atoms with Crippen LogP contribution in [0.5, 0.6) is 5.75 Å². The van der Waals surface area contributed by atoms with Gasteiger partial charge in [-0.1, -0.05) is 78.9 Å². The van der Waals surface area contributed by atoms with Crippen LogP contribution in [0, 0.1) is 11.6 Å². The fourth-order valence-electron chi connectivity index (χ4n) is 5.89. The molecule has 5 aromatic carbocycles. The zero-order valence-electron chi connectivity index (χ0n) is 27.3. The summed E-state index contributed by atoms with van der Waals surface area (Å²) >= 11 is 0. The molecular weight excluding hydrogens is 640 g/mol. The Hall–Kier alpha value is -6.16. The average molecular weight is 674 g/mol. The minimum Gasteiger partial charge on any atom is -0.489 e. The molecule has 0 aliphatic carbocycles. The highest BCUT2D eigenvalue weighted by atomic mass is 19.1. The summed E-state index contributed by atoms with van der Waals surface area (Å²) < 4.78 is 33.3. The third kappa shape index (κ3) is 7.44. The van der Waals surface area contributed by atoms with Crippen molar-refractivity contribution in [2.75, 3.05) is 11.9 Å². The fraction of sp³-hybridized carbons (Fsp3) is 0.150. The summed E-state index contributed by atoms with van der Waals surface area (Å²) in [6.45, 7) is 1.70. The highest BCUT2D eigenvalue weighted by Crippen LogP contribution is 2.41. The van der Waals surface area contributed by atoms with Gasteiger partial charge in [-0.2, -0.15) is 0 Å². The van der Waals surface area contributed by atoms with Crippen LogP contribution in [0.2, 0.25) is 0 Å². The van der Waals surface area contributed by atoms with Crippen LogP contribution in [-0.2, 0) is 27.4 Å². The molecule has 2 atom stereocenters. The molecule has 1 unspecified atom stereocenters. The number of anilines is 1. The van der Waals surface area contributed by atoms with Gasteiger partial charge in [0, 0.05) is 29.8 Å². The molecule has 0 saturated carbocycles. The minimum atomic E-state index is -1.07. The van der Waals surface area contributed by atoms with E-state index in [0.717, 1.165) is 23.3 Å². The molecule has 0 fully saturated rings. The molecule has 6 rings (SSSR count). The fourth-order valence-corrected chi connectivity index (χ4v) is 5.89. The molecule has 0 radical (unpaired) electrons. The van der Waals surface area contributed by atoms with E-state index in [1.165, 1.54) is 11.8 Å². The topological polar surface area (TPSA) is 105 Å². The summed E-state index contributed by atoms with van der Waals surface area (Å²) in [5.41, 5.74) is 4.78. The molecule has 0 saturated heterocycles. The van der Waals surface area contributed by atoms with Gasteiger partial charge in [-0.25, -0.2) is 8.78 Å². The standard InChI is InChI=1S/C40H33F2N3O5/c1-24(43-36(46)20-26-18-29(41)21-30(42)19-26)39(48)44-37-33-11-7-6-10-32(33)34-22-31(16-17-35(34)45(2)40(37)49)50-23-25-12-14-28(15-13-25)38(47)27-8-4-3-5-9-27/h3-19,21-22,24,37H,20,23H2,1-2H3,(H,43,46)(H,44,48)/t24-,37?/m0/s1. The van der Waals surface area contributed by atoms with Crippen LogP contribution in [0.1, 0.15) is 45.6 Å². The van der Waals surface area contributed by atoms with Crippen LogP contribution in [0.25, 0.3) is 11.1 Å². The van der Waals surface area contributed by atoms with Gasteiger partial charge in [0.2, 0.25) is 11.8 Å². The van der Waals surface area contributed by atoms with E-state index in [4.69, 9.17) is 4.74 Å². The van der Waals surface area contributed by atoms with Crippen molar-refractivity contribution >= 4 is 29.2 Å². The van der Waals surface area contributed by atoms with Crippen molar-refractivity contribution in [3.8, 4) is 16.9 Å². The lowest BCUT2D eigenvalue weighted by Crippen LogP contribution is -2.49. The molecule has 0 spiro atoms. The van der Waals surface area contributed by atoms with Gasteiger partial charge in [-0.3, -0.25) is 19.2 Å². The Labute approximate surface area is 287 Å². The van der Waals surface area contributed by atoms with Crippen molar-refractivity contribution in [2.24, 2.45) is 0 Å². The lowest BCUT2D eigenvalue weighted by atomic mass is 9.95. The highest BCUT2D eigenvalue weighted by Gasteiger charge is 2.34. The first-order valence-electron chi connectivity index (χ1n) is 15.9. The first-order valence-corrected chi connectivity index (χ1v) is 15.9. The summed E-state index contributed by atoms with van der Waals surface area (Å²) in [6.07, 6.45) is -0.334. The van der Waals surface area contributed by atoms with Gasteiger partial charge in [0.05, 0.1) is 12.1 Å². The number of ether oxygens (including phenoxy) is 1. The maximum atomic E-state index is 13.8. The van der Waals surface area contributed by atoms with Gasteiger partial charge < -0.3 is 20.3 Å². The summed E-state index contributed by atoms with van der Waals surface area (Å²) in [7, 11) is 1.62. The van der Waals surface area contributed by atoms with E-state index in [2.05, 4.69) is 10.6 Å². The second-order valence-corrected chi connectivity index (χ2v) is 12.0. The van der Waals surface area contributed by atoms with Crippen LogP contribution in [0.4, 0.5) is 14.5 Å². The Morgan fingerprint density at radius 1 is 0.780 bits per heavy atom. The minimum absolute atomic E-state index is 0.0615. The number of rotatable bonds is 10. The highest BCUT2D eigenvalue weighted by molar-refractivity contribution is 6.09. The van der Waals surface area contributed by atoms with Crippen molar-refractivity contribution in [1.82, 2.24) is 10.6 Å². The summed E-state index contributed by atoms with van der Waals surface area (Å²) in [6, 6.07) is 29.6.